The van der Waals surface area contributed by atoms with E-state index >= 15 is 0 Å². The van der Waals surface area contributed by atoms with Crippen LogP contribution in [-0.4, -0.2) is 13.2 Å². The second kappa shape index (κ2) is 4.29. The van der Waals surface area contributed by atoms with Gasteiger partial charge in [0.1, 0.15) is 12.4 Å². The van der Waals surface area contributed by atoms with Gasteiger partial charge < -0.3 is 10.5 Å². The molecule has 0 atom stereocenters. The fourth-order valence-corrected chi connectivity index (χ4v) is 1.72. The average Bonchev–Trinajstić information content (AvgIpc) is 2.26. The molecule has 14 heavy (non-hydrogen) atoms. The molecular weight excluding hydrogens is 174 g/mol. The minimum atomic E-state index is 0.688. The van der Waals surface area contributed by atoms with E-state index in [4.69, 9.17) is 10.5 Å². The Labute approximate surface area is 84.4 Å². The Balaban J connectivity index is 2.28. The van der Waals surface area contributed by atoms with Gasteiger partial charge >= 0.3 is 0 Å². The molecule has 2 N–H and O–H groups in total. The lowest BCUT2D eigenvalue weighted by atomic mass is 10.0. The molecule has 0 saturated carbocycles. The second-order valence-electron chi connectivity index (χ2n) is 3.43. The smallest absolute Gasteiger partial charge is 0.127 e. The van der Waals surface area contributed by atoms with E-state index in [0.717, 1.165) is 25.1 Å². The van der Waals surface area contributed by atoms with Gasteiger partial charge in [0.15, 0.2) is 0 Å². The van der Waals surface area contributed by atoms with Crippen LogP contribution in [0.25, 0.3) is 6.08 Å². The molecule has 1 aromatic carbocycles. The van der Waals surface area contributed by atoms with Crippen molar-refractivity contribution < 1.29 is 4.74 Å². The fraction of sp³-hybridized carbons (Fsp3) is 0.333. The van der Waals surface area contributed by atoms with Gasteiger partial charge in [-0.1, -0.05) is 18.2 Å². The van der Waals surface area contributed by atoms with Gasteiger partial charge in [-0.3, -0.25) is 0 Å². The van der Waals surface area contributed by atoms with Crippen molar-refractivity contribution in [1.29, 1.82) is 0 Å². The Morgan fingerprint density at radius 1 is 1.36 bits per heavy atom. The average molecular weight is 189 g/mol. The Hall–Kier alpha value is -1.28. The molecule has 0 amide bonds. The van der Waals surface area contributed by atoms with Crippen molar-refractivity contribution in [2.24, 2.45) is 5.73 Å². The van der Waals surface area contributed by atoms with Crippen molar-refractivity contribution >= 4 is 6.08 Å². The topological polar surface area (TPSA) is 35.2 Å². The maximum absolute atomic E-state index is 5.53. The normalized spacial score (nSPS) is 13.5. The fourth-order valence-electron chi connectivity index (χ4n) is 1.72. The molecule has 2 rings (SSSR count). The van der Waals surface area contributed by atoms with E-state index in [1.54, 1.807) is 0 Å². The van der Waals surface area contributed by atoms with Crippen LogP contribution in [0.15, 0.2) is 24.3 Å². The molecule has 1 aromatic rings. The summed E-state index contributed by atoms with van der Waals surface area (Å²) < 4.78 is 5.53. The number of nitrogens with two attached hydrogens (primary N) is 1. The van der Waals surface area contributed by atoms with Gasteiger partial charge in [0.05, 0.1) is 0 Å². The third-order valence-electron chi connectivity index (χ3n) is 2.43. The summed E-state index contributed by atoms with van der Waals surface area (Å²) in [6, 6.07) is 6.21. The quantitative estimate of drug-likeness (QED) is 0.789. The van der Waals surface area contributed by atoms with Gasteiger partial charge in [-0.2, -0.15) is 0 Å². The summed E-state index contributed by atoms with van der Waals surface area (Å²) in [5, 5.41) is 0. The molecule has 0 unspecified atom stereocenters. The molecule has 0 bridgehead atoms. The van der Waals surface area contributed by atoms with Crippen LogP contribution in [-0.2, 0) is 6.42 Å². The first-order valence-electron chi connectivity index (χ1n) is 5.03. The zero-order chi connectivity index (χ0) is 9.80. The predicted molar refractivity (Wildman–Crippen MR) is 58.3 cm³/mol. The van der Waals surface area contributed by atoms with Gasteiger partial charge in [0.2, 0.25) is 0 Å². The first kappa shape index (κ1) is 9.28. The first-order valence-corrected chi connectivity index (χ1v) is 5.03. The van der Waals surface area contributed by atoms with Gasteiger partial charge in [0, 0.05) is 5.56 Å². The number of hydrogen-bond acceptors (Lipinski definition) is 2. The molecule has 0 aliphatic carbocycles. The SMILES string of the molecule is NCCCc1cccc2c1C=CCO2. The molecule has 0 radical (unpaired) electrons. The lowest BCUT2D eigenvalue weighted by Gasteiger charge is -2.15. The van der Waals surface area contributed by atoms with Crippen molar-refractivity contribution in [3.05, 3.63) is 35.4 Å². The first-order chi connectivity index (χ1) is 6.92. The monoisotopic (exact) mass is 189 g/mol. The zero-order valence-corrected chi connectivity index (χ0v) is 8.20. The van der Waals surface area contributed by atoms with E-state index in [1.807, 2.05) is 18.2 Å². The van der Waals surface area contributed by atoms with Gasteiger partial charge in [-0.05, 0) is 37.1 Å². The minimum absolute atomic E-state index is 0.688. The van der Waals surface area contributed by atoms with Crippen LogP contribution in [0.3, 0.4) is 0 Å². The molecule has 2 heteroatoms. The van der Waals surface area contributed by atoms with Crippen LogP contribution in [0.2, 0.25) is 0 Å². The molecule has 0 aromatic heterocycles. The maximum Gasteiger partial charge on any atom is 0.127 e. The number of aryl methyl sites for hydroxylation is 1. The second-order valence-corrected chi connectivity index (χ2v) is 3.43. The minimum Gasteiger partial charge on any atom is -0.489 e. The van der Waals surface area contributed by atoms with Gasteiger partial charge in [-0.25, -0.2) is 0 Å². The summed E-state index contributed by atoms with van der Waals surface area (Å²) in [4.78, 5) is 0. The van der Waals surface area contributed by atoms with Crippen molar-refractivity contribution in [3.63, 3.8) is 0 Å². The molecule has 1 aliphatic heterocycles. The van der Waals surface area contributed by atoms with E-state index in [0.29, 0.717) is 6.61 Å². The van der Waals surface area contributed by atoms with Crippen molar-refractivity contribution in [1.82, 2.24) is 0 Å². The van der Waals surface area contributed by atoms with E-state index in [1.165, 1.54) is 11.1 Å². The lowest BCUT2D eigenvalue weighted by molar-refractivity contribution is 0.358. The summed E-state index contributed by atoms with van der Waals surface area (Å²) in [5.41, 5.74) is 8.07. The number of ether oxygens (including phenoxy) is 1. The Morgan fingerprint density at radius 3 is 3.14 bits per heavy atom. The molecule has 2 nitrogen and oxygen atoms in total. The largest absolute Gasteiger partial charge is 0.489 e. The van der Waals surface area contributed by atoms with Crippen molar-refractivity contribution in [2.75, 3.05) is 13.2 Å². The van der Waals surface area contributed by atoms with E-state index in [2.05, 4.69) is 12.1 Å². The van der Waals surface area contributed by atoms with Crippen LogP contribution in [0, 0.1) is 0 Å². The van der Waals surface area contributed by atoms with Crippen LogP contribution in [0.4, 0.5) is 0 Å². The molecule has 1 heterocycles. The Kier molecular flexibility index (Phi) is 2.84. The highest BCUT2D eigenvalue weighted by atomic mass is 16.5. The molecule has 0 saturated heterocycles. The number of hydrogen-bond donors (Lipinski definition) is 1. The highest BCUT2D eigenvalue weighted by Gasteiger charge is 2.08. The van der Waals surface area contributed by atoms with Crippen LogP contribution < -0.4 is 10.5 Å². The van der Waals surface area contributed by atoms with Gasteiger partial charge in [-0.15, -0.1) is 0 Å². The molecule has 0 fully saturated rings. The van der Waals surface area contributed by atoms with Crippen molar-refractivity contribution in [3.8, 4) is 5.75 Å². The lowest BCUT2D eigenvalue weighted by Crippen LogP contribution is -2.05. The summed E-state index contributed by atoms with van der Waals surface area (Å²) in [6.45, 7) is 1.43. The molecule has 0 spiro atoms. The molecule has 74 valence electrons. The van der Waals surface area contributed by atoms with E-state index < -0.39 is 0 Å². The van der Waals surface area contributed by atoms with Crippen LogP contribution >= 0.6 is 0 Å². The highest BCUT2D eigenvalue weighted by molar-refractivity contribution is 5.63. The Bertz CT molecular complexity index is 344. The predicted octanol–water partition coefficient (Wildman–Crippen LogP) is 1.98. The number of rotatable bonds is 3. The Morgan fingerprint density at radius 2 is 2.29 bits per heavy atom. The summed E-state index contributed by atoms with van der Waals surface area (Å²) in [6.07, 6.45) is 6.26. The summed E-state index contributed by atoms with van der Waals surface area (Å²) in [7, 11) is 0. The number of fused-ring (bicyclic) bond motifs is 1. The van der Waals surface area contributed by atoms with Crippen LogP contribution in [0.5, 0.6) is 5.75 Å². The van der Waals surface area contributed by atoms with E-state index in [-0.39, 0.29) is 0 Å². The standard InChI is InChI=1S/C12H15NO/c13-8-2-5-10-4-1-7-12-11(10)6-3-9-14-12/h1,3-4,6-7H,2,5,8-9,13H2. The van der Waals surface area contributed by atoms with E-state index in [9.17, 15) is 0 Å². The number of benzene rings is 1. The third-order valence-corrected chi connectivity index (χ3v) is 2.43. The molecule has 1 aliphatic rings. The summed E-state index contributed by atoms with van der Waals surface area (Å²) >= 11 is 0. The third kappa shape index (κ3) is 1.80. The maximum atomic E-state index is 5.53. The van der Waals surface area contributed by atoms with Crippen LogP contribution in [0.1, 0.15) is 17.5 Å². The summed E-state index contributed by atoms with van der Waals surface area (Å²) in [5.74, 6) is 1.00. The zero-order valence-electron chi connectivity index (χ0n) is 8.20. The van der Waals surface area contributed by atoms with Gasteiger partial charge in [0.25, 0.3) is 0 Å². The van der Waals surface area contributed by atoms with Crippen molar-refractivity contribution in [2.45, 2.75) is 12.8 Å². The molecular formula is C12H15NO. The highest BCUT2D eigenvalue weighted by Crippen LogP contribution is 2.27.